The molecule has 2 unspecified atom stereocenters. The molecule has 2 atom stereocenters. The number of carbonyl (C=O) groups excluding carboxylic acids is 1. The van der Waals surface area contributed by atoms with Gasteiger partial charge in [0.05, 0.1) is 18.8 Å². The van der Waals surface area contributed by atoms with Gasteiger partial charge in [-0.15, -0.1) is 0 Å². The molecular formula is C66H107NO3. The van der Waals surface area contributed by atoms with E-state index in [0.29, 0.717) is 6.42 Å². The smallest absolute Gasteiger partial charge is 0.220 e. The highest BCUT2D eigenvalue weighted by Gasteiger charge is 2.17. The lowest BCUT2D eigenvalue weighted by atomic mass is 10.1. The van der Waals surface area contributed by atoms with E-state index in [9.17, 15) is 15.0 Å². The third-order valence-electron chi connectivity index (χ3n) is 12.0. The third kappa shape index (κ3) is 54.9. The van der Waals surface area contributed by atoms with Gasteiger partial charge in [0.2, 0.25) is 5.91 Å². The van der Waals surface area contributed by atoms with Gasteiger partial charge in [0.25, 0.3) is 0 Å². The quantitative estimate of drug-likeness (QED) is 0.0420. The first-order valence-electron chi connectivity index (χ1n) is 28.7. The number of carbonyl (C=O) groups is 1. The van der Waals surface area contributed by atoms with Gasteiger partial charge in [-0.25, -0.2) is 0 Å². The van der Waals surface area contributed by atoms with E-state index in [4.69, 9.17) is 0 Å². The van der Waals surface area contributed by atoms with Crippen LogP contribution in [0.2, 0.25) is 0 Å². The Morgan fingerprint density at radius 2 is 0.643 bits per heavy atom. The van der Waals surface area contributed by atoms with Crippen LogP contribution in [-0.4, -0.2) is 34.9 Å². The standard InChI is InChI=1S/C66H107NO3/c1-3-5-7-9-11-13-15-17-19-21-23-24-25-26-27-28-29-30-31-32-33-34-35-36-37-38-39-40-41-42-44-46-48-50-52-54-56-58-60-62-66(70)67-64(63-68)65(69)61-59-57-55-53-51-49-47-45-43-22-20-18-16-14-12-10-8-6-4-2/h5,7,11,13,17,19,23-24,26-27,29-30,32-33,35-36,38-39,41-43,45,51,53,59,61,64-65,68-69H,3-4,6,8-10,12,14-16,18,20-22,25,28,31,34,37,40,44,46-50,52,54-58,60,62-63H2,1-2H3,(H,67,70)/b7-5-,13-11-,19-17-,24-23-,27-26-,30-29-,33-32-,36-35-,39-38-,42-41-,45-43+,53-51+,61-59+. The summed E-state index contributed by atoms with van der Waals surface area (Å²) in [6.07, 6.45) is 95.4. The van der Waals surface area contributed by atoms with Crippen molar-refractivity contribution < 1.29 is 15.0 Å². The van der Waals surface area contributed by atoms with Gasteiger partial charge in [-0.2, -0.15) is 0 Å². The molecule has 0 bridgehead atoms. The van der Waals surface area contributed by atoms with Crippen LogP contribution >= 0.6 is 0 Å². The molecule has 0 aromatic rings. The number of allylic oxidation sites excluding steroid dienone is 25. The van der Waals surface area contributed by atoms with Gasteiger partial charge in [-0.05, 0) is 122 Å². The van der Waals surface area contributed by atoms with Gasteiger partial charge in [0.15, 0.2) is 0 Å². The predicted molar refractivity (Wildman–Crippen MR) is 312 cm³/mol. The Kier molecular flexibility index (Phi) is 55.9. The summed E-state index contributed by atoms with van der Waals surface area (Å²) in [5.41, 5.74) is 0. The lowest BCUT2D eigenvalue weighted by Gasteiger charge is -2.19. The molecule has 0 aromatic heterocycles. The molecule has 0 aliphatic carbocycles. The summed E-state index contributed by atoms with van der Waals surface area (Å²) in [6, 6.07) is -0.662. The summed E-state index contributed by atoms with van der Waals surface area (Å²) >= 11 is 0. The van der Waals surface area contributed by atoms with E-state index in [1.807, 2.05) is 6.08 Å². The van der Waals surface area contributed by atoms with Gasteiger partial charge in [-0.3, -0.25) is 4.79 Å². The van der Waals surface area contributed by atoms with Crippen LogP contribution in [0.3, 0.4) is 0 Å². The Labute approximate surface area is 433 Å². The van der Waals surface area contributed by atoms with Crippen molar-refractivity contribution in [2.24, 2.45) is 0 Å². The van der Waals surface area contributed by atoms with Crippen LogP contribution in [0.15, 0.2) is 158 Å². The van der Waals surface area contributed by atoms with Crippen molar-refractivity contribution in [3.8, 4) is 0 Å². The van der Waals surface area contributed by atoms with Gasteiger partial charge in [0, 0.05) is 6.42 Å². The van der Waals surface area contributed by atoms with Crippen LogP contribution in [0.4, 0.5) is 0 Å². The molecule has 0 radical (unpaired) electrons. The summed E-state index contributed by atoms with van der Waals surface area (Å²) in [6.45, 7) is 4.16. The number of hydrogen-bond donors (Lipinski definition) is 3. The zero-order chi connectivity index (χ0) is 50.6. The van der Waals surface area contributed by atoms with E-state index in [-0.39, 0.29) is 12.5 Å². The van der Waals surface area contributed by atoms with E-state index >= 15 is 0 Å². The fraction of sp³-hybridized carbons (Fsp3) is 0.591. The van der Waals surface area contributed by atoms with Crippen LogP contribution < -0.4 is 5.32 Å². The number of aliphatic hydroxyl groups is 2. The summed E-state index contributed by atoms with van der Waals surface area (Å²) in [5.74, 6) is -0.0932. The molecule has 3 N–H and O–H groups in total. The molecule has 0 saturated heterocycles. The lowest BCUT2D eigenvalue weighted by Crippen LogP contribution is -2.45. The Morgan fingerprint density at radius 3 is 1.00 bits per heavy atom. The van der Waals surface area contributed by atoms with Gasteiger partial charge >= 0.3 is 0 Å². The third-order valence-corrected chi connectivity index (χ3v) is 12.0. The molecular weight excluding hydrogens is 855 g/mol. The molecule has 0 aliphatic heterocycles. The second-order valence-electron chi connectivity index (χ2n) is 18.6. The zero-order valence-electron chi connectivity index (χ0n) is 45.2. The second-order valence-corrected chi connectivity index (χ2v) is 18.6. The van der Waals surface area contributed by atoms with Crippen molar-refractivity contribution in [3.05, 3.63) is 158 Å². The predicted octanol–water partition coefficient (Wildman–Crippen LogP) is 19.4. The monoisotopic (exact) mass is 962 g/mol. The zero-order valence-corrected chi connectivity index (χ0v) is 45.2. The number of nitrogens with one attached hydrogen (secondary N) is 1. The normalized spacial score (nSPS) is 14.1. The summed E-state index contributed by atoms with van der Waals surface area (Å²) in [5, 5.41) is 23.1. The molecule has 70 heavy (non-hydrogen) atoms. The maximum absolute atomic E-state index is 12.5. The molecule has 4 heteroatoms. The van der Waals surface area contributed by atoms with E-state index in [2.05, 4.69) is 165 Å². The average molecular weight is 963 g/mol. The molecule has 0 aliphatic rings. The fourth-order valence-corrected chi connectivity index (χ4v) is 7.65. The van der Waals surface area contributed by atoms with Crippen molar-refractivity contribution in [3.63, 3.8) is 0 Å². The second kappa shape index (κ2) is 59.3. The Morgan fingerprint density at radius 1 is 0.357 bits per heavy atom. The maximum atomic E-state index is 12.5. The summed E-state index contributed by atoms with van der Waals surface area (Å²) in [7, 11) is 0. The SMILES string of the molecule is CC/C=C\C/C=C\C/C=C\C/C=C\C/C=C\C/C=C\C/C=C\C/C=C\C/C=C\C/C=C\CCCCCCCCCCC(=O)NC(CO)C(O)/C=C/CC/C=C/CC/C=C/CCCCCCCCCCC. The summed E-state index contributed by atoms with van der Waals surface area (Å²) < 4.78 is 0. The minimum Gasteiger partial charge on any atom is -0.394 e. The minimum atomic E-state index is -0.885. The van der Waals surface area contributed by atoms with Gasteiger partial charge in [-0.1, -0.05) is 262 Å². The first-order valence-corrected chi connectivity index (χ1v) is 28.7. The number of hydrogen-bond acceptors (Lipinski definition) is 3. The first-order chi connectivity index (χ1) is 34.7. The number of rotatable bonds is 50. The first kappa shape index (κ1) is 66.0. The lowest BCUT2D eigenvalue weighted by molar-refractivity contribution is -0.123. The van der Waals surface area contributed by atoms with Crippen LogP contribution in [-0.2, 0) is 4.79 Å². The van der Waals surface area contributed by atoms with E-state index < -0.39 is 12.1 Å². The maximum Gasteiger partial charge on any atom is 0.220 e. The molecule has 0 fully saturated rings. The molecule has 0 aromatic carbocycles. The van der Waals surface area contributed by atoms with Gasteiger partial charge in [0.1, 0.15) is 0 Å². The van der Waals surface area contributed by atoms with Crippen molar-refractivity contribution in [2.45, 2.75) is 244 Å². The number of unbranched alkanes of at least 4 members (excludes halogenated alkanes) is 19. The largest absolute Gasteiger partial charge is 0.394 e. The molecule has 394 valence electrons. The topological polar surface area (TPSA) is 69.6 Å². The van der Waals surface area contributed by atoms with Crippen LogP contribution in [0.25, 0.3) is 0 Å². The van der Waals surface area contributed by atoms with E-state index in [0.717, 1.165) is 116 Å². The molecule has 1 amide bonds. The van der Waals surface area contributed by atoms with Crippen LogP contribution in [0, 0.1) is 0 Å². The highest BCUT2D eigenvalue weighted by Crippen LogP contribution is 2.13. The summed E-state index contributed by atoms with van der Waals surface area (Å²) in [4.78, 5) is 12.5. The van der Waals surface area contributed by atoms with Crippen molar-refractivity contribution in [1.82, 2.24) is 5.32 Å². The molecule has 0 heterocycles. The van der Waals surface area contributed by atoms with E-state index in [1.165, 1.54) is 96.3 Å². The Hall–Kier alpha value is -3.99. The molecule has 0 spiro atoms. The van der Waals surface area contributed by atoms with E-state index in [1.54, 1.807) is 6.08 Å². The minimum absolute atomic E-state index is 0.0932. The molecule has 4 nitrogen and oxygen atoms in total. The van der Waals surface area contributed by atoms with Gasteiger partial charge < -0.3 is 15.5 Å². The molecule has 0 rings (SSSR count). The highest BCUT2D eigenvalue weighted by atomic mass is 16.3. The fourth-order valence-electron chi connectivity index (χ4n) is 7.65. The Balaban J connectivity index is 3.69. The number of aliphatic hydroxyl groups excluding tert-OH is 2. The Bertz CT molecular complexity index is 1510. The highest BCUT2D eigenvalue weighted by molar-refractivity contribution is 5.76. The van der Waals surface area contributed by atoms with Crippen LogP contribution in [0.5, 0.6) is 0 Å². The van der Waals surface area contributed by atoms with Crippen molar-refractivity contribution in [2.75, 3.05) is 6.61 Å². The average Bonchev–Trinajstić information content (AvgIpc) is 3.36. The van der Waals surface area contributed by atoms with Crippen molar-refractivity contribution in [1.29, 1.82) is 0 Å². The van der Waals surface area contributed by atoms with Crippen LogP contribution in [0.1, 0.15) is 232 Å². The number of amides is 1. The molecule has 0 saturated carbocycles. The van der Waals surface area contributed by atoms with Crippen molar-refractivity contribution >= 4 is 5.91 Å².